The van der Waals surface area contributed by atoms with Gasteiger partial charge in [0.25, 0.3) is 11.8 Å². The van der Waals surface area contributed by atoms with Crippen LogP contribution >= 0.6 is 12.2 Å². The molecule has 2 amide bonds. The number of benzene rings is 4. The first-order valence-corrected chi connectivity index (χ1v) is 10.7. The van der Waals surface area contributed by atoms with Crippen molar-refractivity contribution in [3.8, 4) is 16.9 Å². The molecule has 0 unspecified atom stereocenters. The van der Waals surface area contributed by atoms with Crippen LogP contribution in [0.4, 0.5) is 0 Å². The molecule has 0 aliphatic carbocycles. The molecule has 0 atom stereocenters. The second-order valence-electron chi connectivity index (χ2n) is 7.20. The van der Waals surface area contributed by atoms with Gasteiger partial charge in [0.05, 0.1) is 0 Å². The zero-order valence-electron chi connectivity index (χ0n) is 17.6. The van der Waals surface area contributed by atoms with Gasteiger partial charge in [-0.1, -0.05) is 72.8 Å². The fourth-order valence-electron chi connectivity index (χ4n) is 3.22. The molecule has 3 N–H and O–H groups in total. The number of carbonyl (C=O) groups excluding carboxylic acids is 2. The molecule has 33 heavy (non-hydrogen) atoms. The minimum atomic E-state index is -0.438. The molecular formula is C26H21N3O3S. The topological polar surface area (TPSA) is 79.5 Å². The molecule has 0 aromatic heterocycles. The first-order valence-electron chi connectivity index (χ1n) is 10.3. The van der Waals surface area contributed by atoms with E-state index in [-0.39, 0.29) is 17.6 Å². The van der Waals surface area contributed by atoms with Gasteiger partial charge in [-0.3, -0.25) is 25.8 Å². The fourth-order valence-corrected chi connectivity index (χ4v) is 3.36. The molecule has 4 rings (SSSR count). The van der Waals surface area contributed by atoms with E-state index < -0.39 is 5.91 Å². The molecule has 7 heteroatoms. The van der Waals surface area contributed by atoms with Gasteiger partial charge in [-0.25, -0.2) is 0 Å². The number of hydrogen-bond acceptors (Lipinski definition) is 4. The van der Waals surface area contributed by atoms with Gasteiger partial charge in [0.2, 0.25) is 0 Å². The smallest absolute Gasteiger partial charge is 0.276 e. The number of nitrogens with one attached hydrogen (secondary N) is 3. The third-order valence-corrected chi connectivity index (χ3v) is 5.09. The number of fused-ring (bicyclic) bond motifs is 1. The Morgan fingerprint density at radius 2 is 1.39 bits per heavy atom. The molecule has 4 aromatic rings. The quantitative estimate of drug-likeness (QED) is 0.310. The summed E-state index contributed by atoms with van der Waals surface area (Å²) >= 11 is 5.08. The number of ether oxygens (including phenoxy) is 1. The Morgan fingerprint density at radius 1 is 0.727 bits per heavy atom. The van der Waals surface area contributed by atoms with Gasteiger partial charge >= 0.3 is 0 Å². The maximum atomic E-state index is 12.4. The molecule has 0 fully saturated rings. The molecular weight excluding hydrogens is 434 g/mol. The molecule has 0 aliphatic rings. The lowest BCUT2D eigenvalue weighted by Gasteiger charge is -2.12. The number of hydrazine groups is 1. The first-order chi connectivity index (χ1) is 16.1. The van der Waals surface area contributed by atoms with E-state index in [1.54, 1.807) is 18.2 Å². The Hall–Kier alpha value is -4.23. The summed E-state index contributed by atoms with van der Waals surface area (Å²) in [6.45, 7) is -0.206. The monoisotopic (exact) mass is 455 g/mol. The van der Waals surface area contributed by atoms with Crippen LogP contribution in [0.1, 0.15) is 10.4 Å². The number of thiocarbonyl (C=S) groups is 1. The highest BCUT2D eigenvalue weighted by atomic mass is 32.1. The summed E-state index contributed by atoms with van der Waals surface area (Å²) in [4.78, 5) is 24.4. The van der Waals surface area contributed by atoms with Crippen LogP contribution in [0.5, 0.6) is 5.75 Å². The number of hydrogen-bond donors (Lipinski definition) is 3. The van der Waals surface area contributed by atoms with Crippen LogP contribution in [0, 0.1) is 0 Å². The molecule has 0 aliphatic heterocycles. The van der Waals surface area contributed by atoms with Gasteiger partial charge in [-0.2, -0.15) is 0 Å². The summed E-state index contributed by atoms with van der Waals surface area (Å²) in [5.74, 6) is -0.237. The Kier molecular flexibility index (Phi) is 6.92. The van der Waals surface area contributed by atoms with E-state index >= 15 is 0 Å². The second-order valence-corrected chi connectivity index (χ2v) is 7.61. The average molecular weight is 456 g/mol. The largest absolute Gasteiger partial charge is 0.484 e. The van der Waals surface area contributed by atoms with Crippen LogP contribution in [0.2, 0.25) is 0 Å². The van der Waals surface area contributed by atoms with Crippen molar-refractivity contribution in [1.29, 1.82) is 0 Å². The van der Waals surface area contributed by atoms with Crippen molar-refractivity contribution < 1.29 is 14.3 Å². The van der Waals surface area contributed by atoms with E-state index in [0.29, 0.717) is 11.3 Å². The standard InChI is InChI=1S/C26H21N3O3S/c30-24(17-32-23-15-14-19-8-4-5-9-22(19)16-23)28-29-26(33)27-25(31)21-12-10-20(11-13-21)18-6-2-1-3-7-18/h1-16H,17H2,(H,28,30)(H2,27,29,31,33). The minimum absolute atomic E-state index is 0.0220. The van der Waals surface area contributed by atoms with Crippen molar-refractivity contribution in [2.45, 2.75) is 0 Å². The van der Waals surface area contributed by atoms with E-state index in [9.17, 15) is 9.59 Å². The summed E-state index contributed by atoms with van der Waals surface area (Å²) in [7, 11) is 0. The van der Waals surface area contributed by atoms with Crippen LogP contribution in [-0.2, 0) is 4.79 Å². The first kappa shape index (κ1) is 22.0. The molecule has 0 bridgehead atoms. The van der Waals surface area contributed by atoms with E-state index in [2.05, 4.69) is 16.2 Å². The van der Waals surface area contributed by atoms with Crippen LogP contribution in [0.15, 0.2) is 97.1 Å². The van der Waals surface area contributed by atoms with Gasteiger partial charge in [0, 0.05) is 5.56 Å². The highest BCUT2D eigenvalue weighted by Crippen LogP contribution is 2.20. The third-order valence-electron chi connectivity index (χ3n) is 4.89. The lowest BCUT2D eigenvalue weighted by molar-refractivity contribution is -0.123. The van der Waals surface area contributed by atoms with Crippen molar-refractivity contribution in [2.75, 3.05) is 6.61 Å². The normalized spacial score (nSPS) is 10.3. The SMILES string of the molecule is O=C(COc1ccc2ccccc2c1)NNC(=S)NC(=O)c1ccc(-c2ccccc2)cc1. The van der Waals surface area contributed by atoms with Crippen molar-refractivity contribution >= 4 is 39.9 Å². The van der Waals surface area contributed by atoms with Crippen LogP contribution < -0.4 is 20.9 Å². The summed E-state index contributed by atoms with van der Waals surface area (Å²) in [5, 5.41) is 4.62. The summed E-state index contributed by atoms with van der Waals surface area (Å²) in [5.41, 5.74) is 7.43. The third kappa shape index (κ3) is 5.93. The Morgan fingerprint density at radius 3 is 2.15 bits per heavy atom. The summed E-state index contributed by atoms with van der Waals surface area (Å²) < 4.78 is 5.52. The van der Waals surface area contributed by atoms with Gasteiger partial charge in [0.1, 0.15) is 5.75 Å². The number of carbonyl (C=O) groups is 2. The Bertz CT molecular complexity index is 1290. The van der Waals surface area contributed by atoms with E-state index in [1.165, 1.54) is 0 Å². The van der Waals surface area contributed by atoms with Gasteiger partial charge in [-0.15, -0.1) is 0 Å². The molecule has 0 spiro atoms. The van der Waals surface area contributed by atoms with Crippen molar-refractivity contribution in [3.63, 3.8) is 0 Å². The van der Waals surface area contributed by atoms with Crippen molar-refractivity contribution in [2.24, 2.45) is 0 Å². The average Bonchev–Trinajstić information content (AvgIpc) is 2.86. The molecule has 164 valence electrons. The number of amides is 2. The van der Waals surface area contributed by atoms with Crippen molar-refractivity contribution in [3.05, 3.63) is 103 Å². The Labute approximate surface area is 196 Å². The zero-order valence-corrected chi connectivity index (χ0v) is 18.4. The molecule has 6 nitrogen and oxygen atoms in total. The minimum Gasteiger partial charge on any atom is -0.484 e. The predicted octanol–water partition coefficient (Wildman–Crippen LogP) is 4.22. The highest BCUT2D eigenvalue weighted by Gasteiger charge is 2.09. The predicted molar refractivity (Wildman–Crippen MR) is 133 cm³/mol. The lowest BCUT2D eigenvalue weighted by Crippen LogP contribution is -2.49. The van der Waals surface area contributed by atoms with E-state index in [1.807, 2.05) is 78.9 Å². The maximum Gasteiger partial charge on any atom is 0.276 e. The molecule has 0 saturated carbocycles. The van der Waals surface area contributed by atoms with E-state index in [4.69, 9.17) is 17.0 Å². The molecule has 0 heterocycles. The maximum absolute atomic E-state index is 12.4. The van der Waals surface area contributed by atoms with Gasteiger partial charge < -0.3 is 4.74 Å². The van der Waals surface area contributed by atoms with E-state index in [0.717, 1.165) is 21.9 Å². The zero-order chi connectivity index (χ0) is 23.0. The lowest BCUT2D eigenvalue weighted by atomic mass is 10.0. The van der Waals surface area contributed by atoms with Gasteiger partial charge in [0.15, 0.2) is 11.7 Å². The van der Waals surface area contributed by atoms with Crippen LogP contribution in [0.3, 0.4) is 0 Å². The summed E-state index contributed by atoms with van der Waals surface area (Å²) in [6, 6.07) is 30.5. The van der Waals surface area contributed by atoms with Crippen LogP contribution in [-0.4, -0.2) is 23.5 Å². The summed E-state index contributed by atoms with van der Waals surface area (Å²) in [6.07, 6.45) is 0. The molecule has 4 aromatic carbocycles. The Balaban J connectivity index is 1.22. The molecule has 0 saturated heterocycles. The highest BCUT2D eigenvalue weighted by molar-refractivity contribution is 7.80. The number of rotatable bonds is 5. The van der Waals surface area contributed by atoms with Gasteiger partial charge in [-0.05, 0) is 58.4 Å². The fraction of sp³-hybridized carbons (Fsp3) is 0.0385. The second kappa shape index (κ2) is 10.4. The molecule has 0 radical (unpaired) electrons. The van der Waals surface area contributed by atoms with Crippen LogP contribution in [0.25, 0.3) is 21.9 Å². The van der Waals surface area contributed by atoms with Crippen molar-refractivity contribution in [1.82, 2.24) is 16.2 Å².